The van der Waals surface area contributed by atoms with Crippen LogP contribution in [-0.4, -0.2) is 57.2 Å². The molecule has 206 valence electrons. The molecule has 7 nitrogen and oxygen atoms in total. The molecular formula is C30H39ClN2O5. The highest BCUT2D eigenvalue weighted by atomic mass is 35.5. The molecule has 2 saturated carbocycles. The number of carboxylic acid groups (broad SMARTS) is 1. The van der Waals surface area contributed by atoms with E-state index in [0.717, 1.165) is 61.1 Å². The van der Waals surface area contributed by atoms with Gasteiger partial charge >= 0.3 is 5.97 Å². The van der Waals surface area contributed by atoms with E-state index < -0.39 is 5.97 Å². The second kappa shape index (κ2) is 12.6. The molecule has 38 heavy (non-hydrogen) atoms. The van der Waals surface area contributed by atoms with Crippen molar-refractivity contribution < 1.29 is 24.1 Å². The summed E-state index contributed by atoms with van der Waals surface area (Å²) in [7, 11) is 1.61. The number of halogens is 1. The lowest BCUT2D eigenvalue weighted by Crippen LogP contribution is -2.41. The lowest BCUT2D eigenvalue weighted by atomic mass is 9.94. The quantitative estimate of drug-likeness (QED) is 0.283. The summed E-state index contributed by atoms with van der Waals surface area (Å²) in [5, 5.41) is 13.8. The van der Waals surface area contributed by atoms with Gasteiger partial charge in [-0.15, -0.1) is 0 Å². The van der Waals surface area contributed by atoms with Crippen molar-refractivity contribution in [3.05, 3.63) is 47.0 Å². The Morgan fingerprint density at radius 1 is 1.11 bits per heavy atom. The Labute approximate surface area is 230 Å². The van der Waals surface area contributed by atoms with Crippen LogP contribution in [0.4, 0.5) is 17.1 Å². The summed E-state index contributed by atoms with van der Waals surface area (Å²) in [5.74, 6) is 0.960. The van der Waals surface area contributed by atoms with Crippen LogP contribution in [-0.2, 0) is 14.3 Å². The summed E-state index contributed by atoms with van der Waals surface area (Å²) in [5.41, 5.74) is 3.92. The van der Waals surface area contributed by atoms with E-state index in [1.807, 2.05) is 18.2 Å². The molecule has 0 bridgehead atoms. The van der Waals surface area contributed by atoms with Gasteiger partial charge in [0.25, 0.3) is 0 Å². The summed E-state index contributed by atoms with van der Waals surface area (Å²) in [4.78, 5) is 14.2. The molecule has 3 fully saturated rings. The molecule has 0 amide bonds. The number of carboxylic acids is 1. The van der Waals surface area contributed by atoms with Crippen LogP contribution in [0.2, 0.25) is 5.02 Å². The summed E-state index contributed by atoms with van der Waals surface area (Å²) in [6.07, 6.45) is 6.99. The van der Waals surface area contributed by atoms with Gasteiger partial charge in [0.15, 0.2) is 0 Å². The molecule has 2 N–H and O–H groups in total. The van der Waals surface area contributed by atoms with Crippen LogP contribution < -0.4 is 15.0 Å². The van der Waals surface area contributed by atoms with E-state index in [4.69, 9.17) is 25.8 Å². The summed E-state index contributed by atoms with van der Waals surface area (Å²) < 4.78 is 17.1. The molecule has 0 radical (unpaired) electrons. The smallest absolute Gasteiger partial charge is 0.304 e. The minimum atomic E-state index is -0.835. The number of nitrogens with zero attached hydrogens (tertiary/aromatic N) is 1. The molecule has 1 aliphatic heterocycles. The van der Waals surface area contributed by atoms with Crippen molar-refractivity contribution in [2.75, 3.05) is 50.3 Å². The van der Waals surface area contributed by atoms with Crippen molar-refractivity contribution >= 4 is 34.6 Å². The molecule has 5 rings (SSSR count). The van der Waals surface area contributed by atoms with Crippen molar-refractivity contribution in [3.8, 4) is 5.75 Å². The molecule has 8 heteroatoms. The molecule has 1 atom stereocenters. The lowest BCUT2D eigenvalue weighted by molar-refractivity contribution is -0.137. The van der Waals surface area contributed by atoms with Crippen molar-refractivity contribution in [3.63, 3.8) is 0 Å². The first-order valence-corrected chi connectivity index (χ1v) is 14.3. The zero-order chi connectivity index (χ0) is 26.5. The molecule has 1 saturated heterocycles. The minimum Gasteiger partial charge on any atom is -0.492 e. The average molecular weight is 543 g/mol. The Hall–Kier alpha value is -2.48. The second-order valence-electron chi connectivity index (χ2n) is 11.0. The van der Waals surface area contributed by atoms with Crippen molar-refractivity contribution in [1.82, 2.24) is 0 Å². The van der Waals surface area contributed by atoms with Gasteiger partial charge in [0.05, 0.1) is 36.0 Å². The van der Waals surface area contributed by atoms with Crippen LogP contribution >= 0.6 is 11.6 Å². The fourth-order valence-electron chi connectivity index (χ4n) is 5.20. The third kappa shape index (κ3) is 7.33. The van der Waals surface area contributed by atoms with Crippen molar-refractivity contribution in [2.24, 2.45) is 11.8 Å². The topological polar surface area (TPSA) is 80.3 Å². The standard InChI is InChI=1S/C30H39ClN2O5/c1-36-19-23(15-30(34)35)22-6-9-28(33(17-20-2-3-20)25-10-12-37-13-11-25)27(14-22)32-24-7-8-26(31)29(16-24)38-18-21-4-5-21/h6-9,14,16,20-21,23,25,32H,2-5,10-13,15,17-19H2,1H3,(H,34,35). The maximum Gasteiger partial charge on any atom is 0.304 e. The Kier molecular flexibility index (Phi) is 8.97. The first-order valence-electron chi connectivity index (χ1n) is 13.9. The monoisotopic (exact) mass is 542 g/mol. The van der Waals surface area contributed by atoms with Crippen LogP contribution in [0.5, 0.6) is 5.75 Å². The van der Waals surface area contributed by atoms with E-state index in [9.17, 15) is 9.90 Å². The van der Waals surface area contributed by atoms with Gasteiger partial charge in [0.1, 0.15) is 5.75 Å². The van der Waals surface area contributed by atoms with Gasteiger partial charge in [0.2, 0.25) is 0 Å². The largest absolute Gasteiger partial charge is 0.492 e. The SMILES string of the molecule is COCC(CC(=O)O)c1ccc(N(CC2CC2)C2CCOCC2)c(Nc2ccc(Cl)c(OCC3CC3)c2)c1. The molecule has 2 aromatic carbocycles. The van der Waals surface area contributed by atoms with E-state index in [2.05, 4.69) is 28.4 Å². The third-order valence-electron chi connectivity index (χ3n) is 7.76. The zero-order valence-corrected chi connectivity index (χ0v) is 22.9. The second-order valence-corrected chi connectivity index (χ2v) is 11.4. The number of aliphatic carboxylic acids is 1. The van der Waals surface area contributed by atoms with E-state index in [1.54, 1.807) is 7.11 Å². The fourth-order valence-corrected chi connectivity index (χ4v) is 5.37. The predicted molar refractivity (Wildman–Crippen MR) is 150 cm³/mol. The van der Waals surface area contributed by atoms with Gasteiger partial charge in [-0.1, -0.05) is 17.7 Å². The maximum absolute atomic E-state index is 11.6. The molecule has 2 aromatic rings. The number of carbonyl (C=O) groups is 1. The molecule has 3 aliphatic rings. The van der Waals surface area contributed by atoms with E-state index in [-0.39, 0.29) is 12.3 Å². The number of hydrogen-bond acceptors (Lipinski definition) is 6. The number of rotatable bonds is 14. The number of benzene rings is 2. The van der Waals surface area contributed by atoms with Crippen molar-refractivity contribution in [2.45, 2.75) is 56.9 Å². The Bertz CT molecular complexity index is 1100. The first-order chi connectivity index (χ1) is 18.5. The third-order valence-corrected chi connectivity index (χ3v) is 8.07. The predicted octanol–water partition coefficient (Wildman–Crippen LogP) is 6.47. The Morgan fingerprint density at radius 2 is 1.87 bits per heavy atom. The van der Waals surface area contributed by atoms with Crippen LogP contribution in [0.3, 0.4) is 0 Å². The number of methoxy groups -OCH3 is 1. The minimum absolute atomic E-state index is 0.0124. The average Bonchev–Trinajstić information content (AvgIpc) is 3.84. The number of anilines is 3. The highest BCUT2D eigenvalue weighted by Crippen LogP contribution is 2.40. The normalized spacial score (nSPS) is 18.7. The molecular weight excluding hydrogens is 504 g/mol. The van der Waals surface area contributed by atoms with Crippen LogP contribution in [0.1, 0.15) is 56.4 Å². The summed E-state index contributed by atoms with van der Waals surface area (Å²) in [6, 6.07) is 12.5. The highest BCUT2D eigenvalue weighted by Gasteiger charge is 2.31. The van der Waals surface area contributed by atoms with Crippen LogP contribution in [0, 0.1) is 11.8 Å². The van der Waals surface area contributed by atoms with Crippen molar-refractivity contribution in [1.29, 1.82) is 0 Å². The van der Waals surface area contributed by atoms with Gasteiger partial charge < -0.3 is 29.5 Å². The van der Waals surface area contributed by atoms with Gasteiger partial charge in [-0.3, -0.25) is 4.79 Å². The molecule has 1 unspecified atom stereocenters. The van der Waals surface area contributed by atoms with E-state index in [1.165, 1.54) is 25.7 Å². The van der Waals surface area contributed by atoms with E-state index in [0.29, 0.717) is 35.9 Å². The summed E-state index contributed by atoms with van der Waals surface area (Å²) in [6.45, 7) is 3.61. The number of ether oxygens (including phenoxy) is 3. The molecule has 0 aromatic heterocycles. The van der Waals surface area contributed by atoms with E-state index >= 15 is 0 Å². The molecule has 0 spiro atoms. The maximum atomic E-state index is 11.6. The van der Waals surface area contributed by atoms with Gasteiger partial charge in [-0.05, 0) is 80.2 Å². The van der Waals surface area contributed by atoms with Crippen LogP contribution in [0.15, 0.2) is 36.4 Å². The molecule has 2 aliphatic carbocycles. The first kappa shape index (κ1) is 27.1. The summed E-state index contributed by atoms with van der Waals surface area (Å²) >= 11 is 6.46. The van der Waals surface area contributed by atoms with Gasteiger partial charge in [-0.25, -0.2) is 0 Å². The number of nitrogens with one attached hydrogen (secondary N) is 1. The molecule has 1 heterocycles. The zero-order valence-electron chi connectivity index (χ0n) is 22.2. The van der Waals surface area contributed by atoms with Gasteiger partial charge in [0, 0.05) is 50.6 Å². The lowest BCUT2D eigenvalue weighted by Gasteiger charge is -2.38. The number of hydrogen-bond donors (Lipinski definition) is 2. The van der Waals surface area contributed by atoms with Crippen LogP contribution in [0.25, 0.3) is 0 Å². The fraction of sp³-hybridized carbons (Fsp3) is 0.567. The van der Waals surface area contributed by atoms with Gasteiger partial charge in [-0.2, -0.15) is 0 Å². The highest BCUT2D eigenvalue weighted by molar-refractivity contribution is 6.32. The Morgan fingerprint density at radius 3 is 2.55 bits per heavy atom. The Balaban J connectivity index is 1.48.